The van der Waals surface area contributed by atoms with E-state index in [0.29, 0.717) is 24.1 Å². The summed E-state index contributed by atoms with van der Waals surface area (Å²) < 4.78 is 1.95. The van der Waals surface area contributed by atoms with Crippen LogP contribution in [0.3, 0.4) is 0 Å². The third-order valence-electron chi connectivity index (χ3n) is 4.28. The smallest absolute Gasteiger partial charge is 0.251 e. The summed E-state index contributed by atoms with van der Waals surface area (Å²) in [5.41, 5.74) is 2.80. The number of benzene rings is 1. The number of rotatable bonds is 7. The van der Waals surface area contributed by atoms with Gasteiger partial charge in [-0.3, -0.25) is 14.6 Å². The van der Waals surface area contributed by atoms with Crippen molar-refractivity contribution in [3.05, 3.63) is 65.9 Å². The minimum absolute atomic E-state index is 0.0155. The summed E-state index contributed by atoms with van der Waals surface area (Å²) in [5, 5.41) is 10.8. The first kappa shape index (κ1) is 18.4. The lowest BCUT2D eigenvalue weighted by Crippen LogP contribution is -2.26. The van der Waals surface area contributed by atoms with Crippen LogP contribution in [0.2, 0.25) is 0 Å². The van der Waals surface area contributed by atoms with Crippen molar-refractivity contribution >= 4 is 11.7 Å². The maximum Gasteiger partial charge on any atom is 0.251 e. The van der Waals surface area contributed by atoms with E-state index in [4.69, 9.17) is 0 Å². The van der Waals surface area contributed by atoms with E-state index in [9.17, 15) is 9.59 Å². The third kappa shape index (κ3) is 4.44. The van der Waals surface area contributed by atoms with Crippen LogP contribution in [0, 0.1) is 0 Å². The van der Waals surface area contributed by atoms with Crippen LogP contribution < -0.4 is 5.32 Å². The summed E-state index contributed by atoms with van der Waals surface area (Å²) in [6.45, 7) is 4.83. The van der Waals surface area contributed by atoms with E-state index in [-0.39, 0.29) is 11.7 Å². The second kappa shape index (κ2) is 8.35. The van der Waals surface area contributed by atoms with Crippen LogP contribution in [0.25, 0.3) is 11.3 Å². The molecule has 0 saturated heterocycles. The Bertz CT molecular complexity index is 930. The van der Waals surface area contributed by atoms with Crippen LogP contribution in [-0.4, -0.2) is 38.0 Å². The summed E-state index contributed by atoms with van der Waals surface area (Å²) in [6, 6.07) is 10.8. The number of aromatic nitrogens is 4. The van der Waals surface area contributed by atoms with Gasteiger partial charge in [0.05, 0.1) is 5.69 Å². The van der Waals surface area contributed by atoms with E-state index in [1.165, 1.54) is 6.92 Å². The van der Waals surface area contributed by atoms with Crippen LogP contribution in [0.5, 0.6) is 0 Å². The van der Waals surface area contributed by atoms with Crippen molar-refractivity contribution in [1.82, 2.24) is 25.1 Å². The highest BCUT2D eigenvalue weighted by atomic mass is 16.1. The highest BCUT2D eigenvalue weighted by molar-refractivity contribution is 5.95. The number of ketones is 1. The molecule has 1 N–H and O–H groups in total. The first-order chi connectivity index (χ1) is 13.1. The molecule has 27 heavy (non-hydrogen) atoms. The molecule has 1 aromatic carbocycles. The molecule has 0 unspecified atom stereocenters. The summed E-state index contributed by atoms with van der Waals surface area (Å²) in [6.07, 6.45) is 3.88. The molecule has 3 aromatic rings. The van der Waals surface area contributed by atoms with Gasteiger partial charge >= 0.3 is 0 Å². The molecular formula is C20H21N5O2. The fraction of sp³-hybridized carbons (Fsp3) is 0.250. The predicted molar refractivity (Wildman–Crippen MR) is 101 cm³/mol. The zero-order chi connectivity index (χ0) is 19.2. The molecule has 0 bridgehead atoms. The van der Waals surface area contributed by atoms with Gasteiger partial charge in [-0.15, -0.1) is 10.2 Å². The van der Waals surface area contributed by atoms with E-state index in [1.807, 2.05) is 23.6 Å². The van der Waals surface area contributed by atoms with Crippen LogP contribution in [0.4, 0.5) is 0 Å². The van der Waals surface area contributed by atoms with Gasteiger partial charge in [-0.25, -0.2) is 0 Å². The van der Waals surface area contributed by atoms with Gasteiger partial charge < -0.3 is 9.88 Å². The predicted octanol–water partition coefficient (Wildman–Crippen LogP) is 2.54. The van der Waals surface area contributed by atoms with E-state index in [0.717, 1.165) is 23.6 Å². The molecule has 138 valence electrons. The summed E-state index contributed by atoms with van der Waals surface area (Å²) in [5.74, 6) is 0.704. The van der Waals surface area contributed by atoms with Crippen molar-refractivity contribution < 1.29 is 9.59 Å². The molecule has 0 radical (unpaired) electrons. The summed E-state index contributed by atoms with van der Waals surface area (Å²) >= 11 is 0. The Kier molecular flexibility index (Phi) is 5.71. The Balaban J connectivity index is 1.59. The second-order valence-corrected chi connectivity index (χ2v) is 6.10. The Morgan fingerprint density at radius 1 is 1.07 bits per heavy atom. The van der Waals surface area contributed by atoms with Gasteiger partial charge in [0.25, 0.3) is 5.91 Å². The van der Waals surface area contributed by atoms with E-state index < -0.39 is 0 Å². The van der Waals surface area contributed by atoms with Crippen LogP contribution in [0.15, 0.2) is 48.9 Å². The summed E-state index contributed by atoms with van der Waals surface area (Å²) in [4.78, 5) is 27.9. The van der Waals surface area contributed by atoms with E-state index >= 15 is 0 Å². The van der Waals surface area contributed by atoms with Gasteiger partial charge in [-0.05, 0) is 38.1 Å². The molecule has 0 aliphatic rings. The third-order valence-corrected chi connectivity index (χ3v) is 4.28. The lowest BCUT2D eigenvalue weighted by atomic mass is 10.1. The molecule has 0 aliphatic carbocycles. The lowest BCUT2D eigenvalue weighted by molar-refractivity contribution is 0.0952. The van der Waals surface area contributed by atoms with Gasteiger partial charge in [0, 0.05) is 42.4 Å². The average Bonchev–Trinajstić information content (AvgIpc) is 3.15. The largest absolute Gasteiger partial charge is 0.352 e. The molecule has 0 atom stereocenters. The second-order valence-electron chi connectivity index (χ2n) is 6.10. The molecule has 7 heteroatoms. The van der Waals surface area contributed by atoms with Crippen molar-refractivity contribution in [2.45, 2.75) is 26.8 Å². The van der Waals surface area contributed by atoms with Crippen LogP contribution in [-0.2, 0) is 13.0 Å². The normalized spacial score (nSPS) is 10.6. The monoisotopic (exact) mass is 363 g/mol. The fourth-order valence-corrected chi connectivity index (χ4v) is 2.69. The number of carbonyl (C=O) groups excluding carboxylic acids is 2. The molecule has 2 aromatic heterocycles. The quantitative estimate of drug-likeness (QED) is 0.652. The topological polar surface area (TPSA) is 89.8 Å². The zero-order valence-corrected chi connectivity index (χ0v) is 15.3. The number of nitrogens with one attached hydrogen (secondary N) is 1. The molecule has 0 spiro atoms. The van der Waals surface area contributed by atoms with Crippen LogP contribution in [0.1, 0.15) is 40.4 Å². The van der Waals surface area contributed by atoms with Gasteiger partial charge in [-0.1, -0.05) is 12.1 Å². The molecule has 3 rings (SSSR count). The highest BCUT2D eigenvalue weighted by Crippen LogP contribution is 2.18. The molecule has 0 saturated carbocycles. The van der Waals surface area contributed by atoms with E-state index in [1.54, 1.807) is 36.8 Å². The van der Waals surface area contributed by atoms with Gasteiger partial charge in [0.15, 0.2) is 5.78 Å². The zero-order valence-electron chi connectivity index (χ0n) is 15.3. The maximum atomic E-state index is 12.3. The molecular weight excluding hydrogens is 342 g/mol. The number of hydrogen-bond donors (Lipinski definition) is 1. The highest BCUT2D eigenvalue weighted by Gasteiger charge is 2.08. The summed E-state index contributed by atoms with van der Waals surface area (Å²) in [7, 11) is 0. The molecule has 0 fully saturated rings. The minimum atomic E-state index is -0.135. The van der Waals surface area contributed by atoms with Crippen molar-refractivity contribution in [2.24, 2.45) is 0 Å². The van der Waals surface area contributed by atoms with Crippen molar-refractivity contribution in [3.63, 3.8) is 0 Å². The Morgan fingerprint density at radius 2 is 1.81 bits per heavy atom. The average molecular weight is 363 g/mol. The van der Waals surface area contributed by atoms with Crippen molar-refractivity contribution in [3.8, 4) is 11.3 Å². The number of carbonyl (C=O) groups is 2. The van der Waals surface area contributed by atoms with Crippen LogP contribution >= 0.6 is 0 Å². The molecule has 0 aliphatic heterocycles. The first-order valence-corrected chi connectivity index (χ1v) is 8.80. The minimum Gasteiger partial charge on any atom is -0.352 e. The Hall–Kier alpha value is -3.35. The van der Waals surface area contributed by atoms with Crippen molar-refractivity contribution in [2.75, 3.05) is 6.54 Å². The molecule has 1 amide bonds. The van der Waals surface area contributed by atoms with E-state index in [2.05, 4.69) is 20.5 Å². The Morgan fingerprint density at radius 3 is 2.44 bits per heavy atom. The van der Waals surface area contributed by atoms with Crippen molar-refractivity contribution in [1.29, 1.82) is 0 Å². The number of nitrogens with zero attached hydrogens (tertiary/aromatic N) is 4. The Labute approximate surface area is 157 Å². The van der Waals surface area contributed by atoms with Gasteiger partial charge in [0.1, 0.15) is 12.2 Å². The fourth-order valence-electron chi connectivity index (χ4n) is 2.69. The van der Waals surface area contributed by atoms with Gasteiger partial charge in [0.2, 0.25) is 0 Å². The molecule has 7 nitrogen and oxygen atoms in total. The number of amides is 1. The van der Waals surface area contributed by atoms with Gasteiger partial charge in [-0.2, -0.15) is 0 Å². The number of pyridine rings is 1. The standard InChI is InChI=1S/C20H21N5O2/c1-3-25-13-23-24-19(25)10-11-21-20(27)16-6-4-15(5-7-16)18-9-8-17(12-22-18)14(2)26/h4-9,12-13H,3,10-11H2,1-2H3,(H,21,27). The SMILES string of the molecule is CCn1cnnc1CCNC(=O)c1ccc(-c2ccc(C(C)=O)cn2)cc1. The number of hydrogen-bond acceptors (Lipinski definition) is 5. The first-order valence-electron chi connectivity index (χ1n) is 8.80. The number of aryl methyl sites for hydroxylation is 1. The maximum absolute atomic E-state index is 12.3. The molecule has 2 heterocycles. The lowest BCUT2D eigenvalue weighted by Gasteiger charge is -2.07. The number of Topliss-reactive ketones (excluding diaryl/α,β-unsaturated/α-hetero) is 1.